The summed E-state index contributed by atoms with van der Waals surface area (Å²) >= 11 is 0. The molecule has 2 heteroatoms. The first-order valence-electron chi connectivity index (χ1n) is 8.47. The molecular formula is C22H22N2. The lowest BCUT2D eigenvalue weighted by Crippen LogP contribution is -2.22. The quantitative estimate of drug-likeness (QED) is 0.526. The van der Waals surface area contributed by atoms with Crippen LogP contribution in [0.4, 0.5) is 0 Å². The molecule has 4 aromatic rings. The number of fused-ring (bicyclic) bond motifs is 2. The second-order valence-electron chi connectivity index (χ2n) is 6.52. The molecule has 0 saturated carbocycles. The highest BCUT2D eigenvalue weighted by atomic mass is 15.1. The van der Waals surface area contributed by atoms with Gasteiger partial charge in [-0.05, 0) is 47.3 Å². The maximum Gasteiger partial charge on any atom is 0.0499 e. The number of nitrogens with zero attached hydrogens (tertiary/aromatic N) is 1. The predicted molar refractivity (Wildman–Crippen MR) is 102 cm³/mol. The highest BCUT2D eigenvalue weighted by Gasteiger charge is 2.15. The first-order valence-corrected chi connectivity index (χ1v) is 8.47. The van der Waals surface area contributed by atoms with Gasteiger partial charge in [-0.3, -0.25) is 4.90 Å². The van der Waals surface area contributed by atoms with Gasteiger partial charge in [0.15, 0.2) is 0 Å². The Balaban J connectivity index is 1.66. The van der Waals surface area contributed by atoms with Gasteiger partial charge in [0.2, 0.25) is 0 Å². The standard InChI is InChI=1S/C22H22N2/c1-16(20-12-6-8-17-7-3-4-11-21(17)20)24(2)15-19-10-5-9-18-13-14-23-22(18)19/h3-14,16,23H,15H2,1-2H3/t16-/m1/s1. The fraction of sp³-hybridized carbons (Fsp3) is 0.182. The maximum absolute atomic E-state index is 3.38. The lowest BCUT2D eigenvalue weighted by atomic mass is 9.98. The number of hydrogen-bond acceptors (Lipinski definition) is 1. The van der Waals surface area contributed by atoms with Crippen molar-refractivity contribution in [2.24, 2.45) is 0 Å². The van der Waals surface area contributed by atoms with E-state index in [9.17, 15) is 0 Å². The minimum Gasteiger partial charge on any atom is -0.361 e. The topological polar surface area (TPSA) is 19.0 Å². The summed E-state index contributed by atoms with van der Waals surface area (Å²) in [5.41, 5.74) is 3.97. The zero-order valence-electron chi connectivity index (χ0n) is 14.2. The monoisotopic (exact) mass is 314 g/mol. The van der Waals surface area contributed by atoms with E-state index in [2.05, 4.69) is 90.6 Å². The van der Waals surface area contributed by atoms with Crippen LogP contribution >= 0.6 is 0 Å². The van der Waals surface area contributed by atoms with E-state index in [0.717, 1.165) is 6.54 Å². The molecule has 1 atom stereocenters. The summed E-state index contributed by atoms with van der Waals surface area (Å²) in [5.74, 6) is 0. The number of aromatic nitrogens is 1. The molecule has 24 heavy (non-hydrogen) atoms. The average molecular weight is 314 g/mol. The fourth-order valence-corrected chi connectivity index (χ4v) is 3.54. The highest BCUT2D eigenvalue weighted by molar-refractivity contribution is 5.86. The average Bonchev–Trinajstić information content (AvgIpc) is 3.10. The molecule has 0 radical (unpaired) electrons. The van der Waals surface area contributed by atoms with Gasteiger partial charge in [-0.2, -0.15) is 0 Å². The Morgan fingerprint density at radius 3 is 2.54 bits per heavy atom. The van der Waals surface area contributed by atoms with Crippen LogP contribution in [0.25, 0.3) is 21.7 Å². The number of aromatic amines is 1. The van der Waals surface area contributed by atoms with Gasteiger partial charge in [-0.15, -0.1) is 0 Å². The van der Waals surface area contributed by atoms with Crippen LogP contribution in [0.15, 0.2) is 72.9 Å². The van der Waals surface area contributed by atoms with Gasteiger partial charge in [-0.25, -0.2) is 0 Å². The highest BCUT2D eigenvalue weighted by Crippen LogP contribution is 2.29. The summed E-state index contributed by atoms with van der Waals surface area (Å²) in [6, 6.07) is 24.2. The lowest BCUT2D eigenvalue weighted by Gasteiger charge is -2.26. The van der Waals surface area contributed by atoms with E-state index in [-0.39, 0.29) is 0 Å². The molecule has 0 fully saturated rings. The van der Waals surface area contributed by atoms with Crippen molar-refractivity contribution < 1.29 is 0 Å². The lowest BCUT2D eigenvalue weighted by molar-refractivity contribution is 0.255. The van der Waals surface area contributed by atoms with Crippen molar-refractivity contribution in [3.8, 4) is 0 Å². The molecule has 1 heterocycles. The van der Waals surface area contributed by atoms with E-state index in [4.69, 9.17) is 0 Å². The van der Waals surface area contributed by atoms with Gasteiger partial charge >= 0.3 is 0 Å². The fourth-order valence-electron chi connectivity index (χ4n) is 3.54. The third-order valence-corrected chi connectivity index (χ3v) is 5.03. The largest absolute Gasteiger partial charge is 0.361 e. The van der Waals surface area contributed by atoms with Gasteiger partial charge in [0, 0.05) is 24.3 Å². The summed E-state index contributed by atoms with van der Waals surface area (Å²) < 4.78 is 0. The van der Waals surface area contributed by atoms with Crippen LogP contribution in [0.3, 0.4) is 0 Å². The van der Waals surface area contributed by atoms with Crippen LogP contribution < -0.4 is 0 Å². The molecular weight excluding hydrogens is 292 g/mol. The SMILES string of the molecule is C[C@H](c1cccc2ccccc12)N(C)Cc1cccc2cc[nH]c12. The molecule has 0 aliphatic carbocycles. The zero-order chi connectivity index (χ0) is 16.5. The summed E-state index contributed by atoms with van der Waals surface area (Å²) in [4.78, 5) is 5.79. The van der Waals surface area contributed by atoms with E-state index in [0.29, 0.717) is 6.04 Å². The molecule has 0 spiro atoms. The van der Waals surface area contributed by atoms with Crippen molar-refractivity contribution in [3.05, 3.63) is 84.1 Å². The molecule has 1 aromatic heterocycles. The van der Waals surface area contributed by atoms with Gasteiger partial charge in [0.05, 0.1) is 0 Å². The molecule has 120 valence electrons. The minimum atomic E-state index is 0.348. The molecule has 0 amide bonds. The number of hydrogen-bond donors (Lipinski definition) is 1. The van der Waals surface area contributed by atoms with E-state index in [1.165, 1.54) is 32.8 Å². The summed E-state index contributed by atoms with van der Waals surface area (Å²) in [6.45, 7) is 3.21. The summed E-state index contributed by atoms with van der Waals surface area (Å²) in [5, 5.41) is 3.93. The van der Waals surface area contributed by atoms with Crippen LogP contribution in [-0.4, -0.2) is 16.9 Å². The predicted octanol–water partition coefficient (Wildman–Crippen LogP) is 5.51. The van der Waals surface area contributed by atoms with Crippen LogP contribution in [0.2, 0.25) is 0 Å². The van der Waals surface area contributed by atoms with E-state index in [1.807, 2.05) is 6.20 Å². The molecule has 4 rings (SSSR count). The van der Waals surface area contributed by atoms with Crippen LogP contribution in [0.5, 0.6) is 0 Å². The van der Waals surface area contributed by atoms with Crippen molar-refractivity contribution in [2.75, 3.05) is 7.05 Å². The van der Waals surface area contributed by atoms with Crippen molar-refractivity contribution in [2.45, 2.75) is 19.5 Å². The van der Waals surface area contributed by atoms with Crippen molar-refractivity contribution in [1.82, 2.24) is 9.88 Å². The summed E-state index contributed by atoms with van der Waals surface area (Å²) in [6.07, 6.45) is 2.02. The van der Waals surface area contributed by atoms with Crippen molar-refractivity contribution >= 4 is 21.7 Å². The molecule has 0 unspecified atom stereocenters. The van der Waals surface area contributed by atoms with Crippen LogP contribution in [0.1, 0.15) is 24.1 Å². The maximum atomic E-state index is 3.38. The van der Waals surface area contributed by atoms with E-state index >= 15 is 0 Å². The minimum absolute atomic E-state index is 0.348. The van der Waals surface area contributed by atoms with Crippen molar-refractivity contribution in [3.63, 3.8) is 0 Å². The molecule has 0 bridgehead atoms. The van der Waals surface area contributed by atoms with Gasteiger partial charge in [-0.1, -0.05) is 60.7 Å². The first-order chi connectivity index (χ1) is 11.7. The third kappa shape index (κ3) is 2.59. The van der Waals surface area contributed by atoms with Crippen LogP contribution in [-0.2, 0) is 6.54 Å². The van der Waals surface area contributed by atoms with Crippen LogP contribution in [0, 0.1) is 0 Å². The second kappa shape index (κ2) is 6.14. The van der Waals surface area contributed by atoms with Gasteiger partial charge in [0.25, 0.3) is 0 Å². The van der Waals surface area contributed by atoms with Gasteiger partial charge < -0.3 is 4.98 Å². The number of rotatable bonds is 4. The second-order valence-corrected chi connectivity index (χ2v) is 6.52. The Bertz CT molecular complexity index is 978. The number of para-hydroxylation sites is 1. The third-order valence-electron chi connectivity index (χ3n) is 5.03. The Morgan fingerprint density at radius 1 is 0.875 bits per heavy atom. The first kappa shape index (κ1) is 15.0. The molecule has 3 aromatic carbocycles. The summed E-state index contributed by atoms with van der Waals surface area (Å²) in [7, 11) is 2.20. The molecule has 0 aliphatic heterocycles. The van der Waals surface area contributed by atoms with E-state index < -0.39 is 0 Å². The molecule has 0 saturated heterocycles. The van der Waals surface area contributed by atoms with Crippen molar-refractivity contribution in [1.29, 1.82) is 0 Å². The Kier molecular flexibility index (Phi) is 3.83. The number of H-pyrrole nitrogens is 1. The van der Waals surface area contributed by atoms with E-state index in [1.54, 1.807) is 0 Å². The smallest absolute Gasteiger partial charge is 0.0499 e. The number of benzene rings is 3. The Morgan fingerprint density at radius 2 is 1.62 bits per heavy atom. The van der Waals surface area contributed by atoms with Gasteiger partial charge in [0.1, 0.15) is 0 Å². The molecule has 2 nitrogen and oxygen atoms in total. The number of nitrogens with one attached hydrogen (secondary N) is 1. The molecule has 0 aliphatic rings. The molecule has 1 N–H and O–H groups in total. The Labute approximate surface area is 142 Å². The zero-order valence-corrected chi connectivity index (χ0v) is 14.2. The Hall–Kier alpha value is -2.58. The normalized spacial score (nSPS) is 13.0.